The lowest BCUT2D eigenvalue weighted by Crippen LogP contribution is -2.33. The van der Waals surface area contributed by atoms with E-state index in [0.717, 1.165) is 11.1 Å². The quantitative estimate of drug-likeness (QED) is 0.467. The van der Waals surface area contributed by atoms with Gasteiger partial charge in [0.05, 0.1) is 0 Å². The van der Waals surface area contributed by atoms with Crippen LogP contribution >= 0.6 is 0 Å². The van der Waals surface area contributed by atoms with Crippen molar-refractivity contribution in [2.24, 2.45) is 0 Å². The molecular formula is C23H22N4O4. The summed E-state index contributed by atoms with van der Waals surface area (Å²) in [6.07, 6.45) is 1.08. The fraction of sp³-hybridized carbons (Fsp3) is 0.261. The van der Waals surface area contributed by atoms with E-state index in [1.165, 1.54) is 4.90 Å². The number of amides is 3. The van der Waals surface area contributed by atoms with Gasteiger partial charge in [-0.1, -0.05) is 17.7 Å². The van der Waals surface area contributed by atoms with Gasteiger partial charge in [-0.25, -0.2) is 0 Å². The largest absolute Gasteiger partial charge is 0.416 e. The van der Waals surface area contributed by atoms with E-state index < -0.39 is 0 Å². The minimum Gasteiger partial charge on any atom is -0.416 e. The van der Waals surface area contributed by atoms with Crippen molar-refractivity contribution in [2.75, 3.05) is 13.1 Å². The first-order valence-electron chi connectivity index (χ1n) is 10.1. The molecule has 8 nitrogen and oxygen atoms in total. The summed E-state index contributed by atoms with van der Waals surface area (Å²) in [6, 6.07) is 14.7. The zero-order chi connectivity index (χ0) is 21.8. The summed E-state index contributed by atoms with van der Waals surface area (Å²) < 4.78 is 5.77. The van der Waals surface area contributed by atoms with E-state index in [9.17, 15) is 14.4 Å². The topological polar surface area (TPSA) is 105 Å². The lowest BCUT2D eigenvalue weighted by molar-refractivity contribution is -0.138. The molecule has 0 unspecified atom stereocenters. The average Bonchev–Trinajstić information content (AvgIpc) is 3.39. The Labute approximate surface area is 179 Å². The van der Waals surface area contributed by atoms with E-state index in [2.05, 4.69) is 15.5 Å². The van der Waals surface area contributed by atoms with E-state index in [1.54, 1.807) is 24.3 Å². The predicted octanol–water partition coefficient (Wildman–Crippen LogP) is 2.98. The van der Waals surface area contributed by atoms with E-state index >= 15 is 0 Å². The number of hydrogen-bond donors (Lipinski definition) is 1. The summed E-state index contributed by atoms with van der Waals surface area (Å²) in [5.74, 6) is 0.312. The molecule has 1 aliphatic heterocycles. The maximum Gasteiger partial charge on any atom is 0.251 e. The molecule has 0 spiro atoms. The standard InChI is InChI=1S/C23H22N4O4/c1-15-4-2-5-18(14-15)23-26-25-22(31-23)17-8-6-16(7-9-17)21(30)24-12-3-13-27-19(28)10-11-20(27)29/h2,4-9,14H,3,10-13H2,1H3,(H,24,30). The molecular weight excluding hydrogens is 396 g/mol. The van der Waals surface area contributed by atoms with Gasteiger partial charge in [-0.3, -0.25) is 19.3 Å². The molecule has 2 heterocycles. The Balaban J connectivity index is 1.32. The van der Waals surface area contributed by atoms with Crippen LogP contribution in [-0.2, 0) is 9.59 Å². The van der Waals surface area contributed by atoms with E-state index in [4.69, 9.17) is 4.42 Å². The van der Waals surface area contributed by atoms with E-state index in [0.29, 0.717) is 42.4 Å². The normalized spacial score (nSPS) is 13.6. The third-order valence-corrected chi connectivity index (χ3v) is 5.08. The molecule has 4 rings (SSSR count). The molecule has 31 heavy (non-hydrogen) atoms. The molecule has 3 amide bonds. The second-order valence-corrected chi connectivity index (χ2v) is 7.41. The van der Waals surface area contributed by atoms with Crippen molar-refractivity contribution in [1.29, 1.82) is 0 Å². The molecule has 1 saturated heterocycles. The number of aryl methyl sites for hydroxylation is 1. The molecule has 0 aliphatic carbocycles. The first-order chi connectivity index (χ1) is 15.0. The molecule has 8 heteroatoms. The summed E-state index contributed by atoms with van der Waals surface area (Å²) in [5.41, 5.74) is 3.17. The fourth-order valence-corrected chi connectivity index (χ4v) is 3.41. The molecule has 0 atom stereocenters. The Morgan fingerprint density at radius 2 is 1.68 bits per heavy atom. The second kappa shape index (κ2) is 8.91. The lowest BCUT2D eigenvalue weighted by atomic mass is 10.1. The van der Waals surface area contributed by atoms with Crippen LogP contribution in [0.1, 0.15) is 35.2 Å². The zero-order valence-corrected chi connectivity index (χ0v) is 17.1. The highest BCUT2D eigenvalue weighted by Crippen LogP contribution is 2.24. The van der Waals surface area contributed by atoms with Crippen LogP contribution in [0.3, 0.4) is 0 Å². The number of aromatic nitrogens is 2. The van der Waals surface area contributed by atoms with E-state index in [-0.39, 0.29) is 30.6 Å². The highest BCUT2D eigenvalue weighted by molar-refractivity contribution is 6.01. The van der Waals surface area contributed by atoms with Gasteiger partial charge in [0.15, 0.2) is 0 Å². The maximum absolute atomic E-state index is 12.3. The predicted molar refractivity (Wildman–Crippen MR) is 113 cm³/mol. The summed E-state index contributed by atoms with van der Waals surface area (Å²) in [6.45, 7) is 2.70. The Morgan fingerprint density at radius 3 is 2.35 bits per heavy atom. The summed E-state index contributed by atoms with van der Waals surface area (Å²) >= 11 is 0. The van der Waals surface area contributed by atoms with Gasteiger partial charge in [-0.15, -0.1) is 10.2 Å². The Kier molecular flexibility index (Phi) is 5.88. The van der Waals surface area contributed by atoms with Crippen molar-refractivity contribution < 1.29 is 18.8 Å². The third kappa shape index (κ3) is 4.69. The van der Waals surface area contributed by atoms with Crippen molar-refractivity contribution in [2.45, 2.75) is 26.2 Å². The van der Waals surface area contributed by atoms with Crippen LogP contribution in [0.4, 0.5) is 0 Å². The molecule has 1 fully saturated rings. The molecule has 1 aromatic heterocycles. The summed E-state index contributed by atoms with van der Waals surface area (Å²) in [5, 5.41) is 11.0. The van der Waals surface area contributed by atoms with Crippen LogP contribution in [0.15, 0.2) is 52.9 Å². The summed E-state index contributed by atoms with van der Waals surface area (Å²) in [4.78, 5) is 36.7. The molecule has 0 saturated carbocycles. The minimum absolute atomic E-state index is 0.140. The maximum atomic E-state index is 12.3. The van der Waals surface area contributed by atoms with Crippen molar-refractivity contribution in [3.05, 3.63) is 59.7 Å². The van der Waals surface area contributed by atoms with Gasteiger partial charge in [0.25, 0.3) is 5.91 Å². The van der Waals surface area contributed by atoms with Gasteiger partial charge in [-0.05, 0) is 49.7 Å². The van der Waals surface area contributed by atoms with Gasteiger partial charge in [0.1, 0.15) is 0 Å². The zero-order valence-electron chi connectivity index (χ0n) is 17.1. The van der Waals surface area contributed by atoms with Crippen molar-refractivity contribution in [3.8, 4) is 22.9 Å². The molecule has 158 valence electrons. The molecule has 1 aliphatic rings. The van der Waals surface area contributed by atoms with Crippen LogP contribution in [0.25, 0.3) is 22.9 Å². The molecule has 3 aromatic rings. The number of benzene rings is 2. The van der Waals surface area contributed by atoms with Gasteiger partial charge < -0.3 is 9.73 Å². The highest BCUT2D eigenvalue weighted by atomic mass is 16.4. The van der Waals surface area contributed by atoms with Gasteiger partial charge >= 0.3 is 0 Å². The van der Waals surface area contributed by atoms with Crippen molar-refractivity contribution in [1.82, 2.24) is 20.4 Å². The number of imide groups is 1. The lowest BCUT2D eigenvalue weighted by Gasteiger charge is -2.13. The van der Waals surface area contributed by atoms with Crippen molar-refractivity contribution >= 4 is 17.7 Å². The third-order valence-electron chi connectivity index (χ3n) is 5.08. The number of nitrogens with zero attached hydrogens (tertiary/aromatic N) is 3. The van der Waals surface area contributed by atoms with Crippen LogP contribution in [0.5, 0.6) is 0 Å². The number of likely N-dealkylation sites (tertiary alicyclic amines) is 1. The smallest absolute Gasteiger partial charge is 0.251 e. The minimum atomic E-state index is -0.225. The number of hydrogen-bond acceptors (Lipinski definition) is 6. The van der Waals surface area contributed by atoms with Crippen molar-refractivity contribution in [3.63, 3.8) is 0 Å². The number of carbonyl (C=O) groups excluding carboxylic acids is 3. The fourth-order valence-electron chi connectivity index (χ4n) is 3.41. The van der Waals surface area contributed by atoms with Crippen LogP contribution in [0, 0.1) is 6.92 Å². The number of carbonyl (C=O) groups is 3. The second-order valence-electron chi connectivity index (χ2n) is 7.41. The molecule has 0 radical (unpaired) electrons. The van der Waals surface area contributed by atoms with Crippen LogP contribution < -0.4 is 5.32 Å². The van der Waals surface area contributed by atoms with Gasteiger partial charge in [0.2, 0.25) is 23.6 Å². The first kappa shape index (κ1) is 20.5. The van der Waals surface area contributed by atoms with Gasteiger partial charge in [-0.2, -0.15) is 0 Å². The van der Waals surface area contributed by atoms with E-state index in [1.807, 2.05) is 31.2 Å². The molecule has 0 bridgehead atoms. The molecule has 1 N–H and O–H groups in total. The first-order valence-corrected chi connectivity index (χ1v) is 10.1. The average molecular weight is 418 g/mol. The Morgan fingerprint density at radius 1 is 1.00 bits per heavy atom. The van der Waals surface area contributed by atoms with Crippen LogP contribution in [-0.4, -0.2) is 45.9 Å². The highest BCUT2D eigenvalue weighted by Gasteiger charge is 2.27. The number of rotatable bonds is 7. The van der Waals surface area contributed by atoms with Crippen LogP contribution in [0.2, 0.25) is 0 Å². The monoisotopic (exact) mass is 418 g/mol. The van der Waals surface area contributed by atoms with Gasteiger partial charge in [0, 0.05) is 42.6 Å². The number of nitrogens with one attached hydrogen (secondary N) is 1. The summed E-state index contributed by atoms with van der Waals surface area (Å²) in [7, 11) is 0. The molecule has 2 aromatic carbocycles. The Bertz CT molecular complexity index is 1100. The Hall–Kier alpha value is -3.81. The SMILES string of the molecule is Cc1cccc(-c2nnc(-c3ccc(C(=O)NCCCN4C(=O)CCC4=O)cc3)o2)c1.